The first-order chi connectivity index (χ1) is 12.7. The predicted molar refractivity (Wildman–Crippen MR) is 103 cm³/mol. The van der Waals surface area contributed by atoms with Crippen LogP contribution in [0.15, 0.2) is 34.1 Å². The molecule has 1 aliphatic carbocycles. The molecule has 9 heteroatoms. The van der Waals surface area contributed by atoms with Crippen LogP contribution in [-0.4, -0.2) is 66.4 Å². The van der Waals surface area contributed by atoms with Crippen molar-refractivity contribution in [1.29, 1.82) is 0 Å². The molecule has 0 amide bonds. The summed E-state index contributed by atoms with van der Waals surface area (Å²) in [6, 6.07) is 5.37. The van der Waals surface area contributed by atoms with Crippen molar-refractivity contribution in [2.24, 2.45) is 0 Å². The molecule has 152 valence electrons. The number of rotatable bonds is 6. The second kappa shape index (κ2) is 8.16. The van der Waals surface area contributed by atoms with Gasteiger partial charge in [0.2, 0.25) is 10.0 Å². The van der Waals surface area contributed by atoms with Gasteiger partial charge in [-0.25, -0.2) is 21.6 Å². The topological polar surface area (TPSA) is 92.8 Å². The highest BCUT2D eigenvalue weighted by Gasteiger charge is 2.39. The van der Waals surface area contributed by atoms with Crippen molar-refractivity contribution in [3.63, 3.8) is 0 Å². The molecule has 1 aromatic carbocycles. The van der Waals surface area contributed by atoms with E-state index in [0.717, 1.165) is 45.0 Å². The van der Waals surface area contributed by atoms with Crippen molar-refractivity contribution in [1.82, 2.24) is 9.62 Å². The summed E-state index contributed by atoms with van der Waals surface area (Å²) in [7, 11) is -7.05. The molecular formula is C18H28N2O5S2. The maximum atomic E-state index is 12.8. The van der Waals surface area contributed by atoms with Gasteiger partial charge >= 0.3 is 0 Å². The van der Waals surface area contributed by atoms with Crippen molar-refractivity contribution in [2.45, 2.75) is 47.4 Å². The van der Waals surface area contributed by atoms with E-state index in [-0.39, 0.29) is 15.3 Å². The zero-order chi connectivity index (χ0) is 19.5. The molecule has 0 spiro atoms. The largest absolute Gasteiger partial charge is 0.379 e. The monoisotopic (exact) mass is 416 g/mol. The Bertz CT molecular complexity index is 838. The summed E-state index contributed by atoms with van der Waals surface area (Å²) in [5, 5.41) is 0. The first-order valence-corrected chi connectivity index (χ1v) is 12.7. The average molecular weight is 417 g/mol. The minimum Gasteiger partial charge on any atom is -0.379 e. The van der Waals surface area contributed by atoms with Crippen LogP contribution >= 0.6 is 0 Å². The van der Waals surface area contributed by atoms with Gasteiger partial charge in [-0.15, -0.1) is 0 Å². The van der Waals surface area contributed by atoms with E-state index < -0.39 is 19.9 Å². The van der Waals surface area contributed by atoms with Crippen LogP contribution in [0.25, 0.3) is 0 Å². The second-order valence-corrected chi connectivity index (χ2v) is 11.2. The quantitative estimate of drug-likeness (QED) is 0.754. The van der Waals surface area contributed by atoms with Crippen LogP contribution in [0.2, 0.25) is 0 Å². The SMILES string of the molecule is CS(=O)(=O)c1ccc(S(=O)(=O)NCC2(N3CCOCC3)CCCCC2)cc1. The van der Waals surface area contributed by atoms with E-state index in [1.54, 1.807) is 0 Å². The predicted octanol–water partition coefficient (Wildman–Crippen LogP) is 1.40. The number of sulfone groups is 1. The summed E-state index contributed by atoms with van der Waals surface area (Å²) >= 11 is 0. The van der Waals surface area contributed by atoms with Gasteiger partial charge in [0.25, 0.3) is 0 Å². The van der Waals surface area contributed by atoms with Gasteiger partial charge in [0, 0.05) is 31.4 Å². The molecule has 27 heavy (non-hydrogen) atoms. The van der Waals surface area contributed by atoms with E-state index in [1.807, 2.05) is 0 Å². The molecule has 0 radical (unpaired) electrons. The fourth-order valence-corrected chi connectivity index (χ4v) is 5.78. The molecule has 1 N–H and O–H groups in total. The third kappa shape index (κ3) is 4.89. The van der Waals surface area contributed by atoms with Crippen LogP contribution in [0.1, 0.15) is 32.1 Å². The third-order valence-electron chi connectivity index (χ3n) is 5.62. The van der Waals surface area contributed by atoms with Crippen molar-refractivity contribution >= 4 is 19.9 Å². The molecule has 1 heterocycles. The first-order valence-electron chi connectivity index (χ1n) is 9.36. The molecule has 0 aromatic heterocycles. The summed E-state index contributed by atoms with van der Waals surface area (Å²) in [4.78, 5) is 2.58. The minimum absolute atomic E-state index is 0.0860. The van der Waals surface area contributed by atoms with Crippen LogP contribution in [-0.2, 0) is 24.6 Å². The molecule has 0 bridgehead atoms. The van der Waals surface area contributed by atoms with Gasteiger partial charge in [0.05, 0.1) is 23.0 Å². The Morgan fingerprint density at radius 1 is 0.963 bits per heavy atom. The number of benzene rings is 1. The Morgan fingerprint density at radius 2 is 1.52 bits per heavy atom. The van der Waals surface area contributed by atoms with E-state index >= 15 is 0 Å². The molecule has 7 nitrogen and oxygen atoms in total. The number of ether oxygens (including phenoxy) is 1. The Kier molecular flexibility index (Phi) is 6.27. The van der Waals surface area contributed by atoms with Crippen LogP contribution in [0.5, 0.6) is 0 Å². The molecule has 0 atom stereocenters. The molecule has 2 aliphatic rings. The van der Waals surface area contributed by atoms with Crippen molar-refractivity contribution in [2.75, 3.05) is 39.1 Å². The first kappa shape index (κ1) is 20.7. The second-order valence-electron chi connectivity index (χ2n) is 7.45. The van der Waals surface area contributed by atoms with Crippen molar-refractivity contribution in [3.05, 3.63) is 24.3 Å². The van der Waals surface area contributed by atoms with Gasteiger partial charge in [-0.05, 0) is 37.1 Å². The lowest BCUT2D eigenvalue weighted by molar-refractivity contribution is -0.0348. The fraction of sp³-hybridized carbons (Fsp3) is 0.667. The van der Waals surface area contributed by atoms with Gasteiger partial charge in [0.15, 0.2) is 9.84 Å². The molecule has 3 rings (SSSR count). The molecule has 1 aromatic rings. The molecule has 2 fully saturated rings. The van der Waals surface area contributed by atoms with E-state index in [1.165, 1.54) is 30.7 Å². The number of nitrogens with zero attached hydrogens (tertiary/aromatic N) is 1. The molecule has 1 saturated heterocycles. The normalized spacial score (nSPS) is 21.8. The van der Waals surface area contributed by atoms with Gasteiger partial charge in [-0.1, -0.05) is 19.3 Å². The Labute approximate surface area is 162 Å². The Morgan fingerprint density at radius 3 is 2.07 bits per heavy atom. The number of nitrogens with one attached hydrogen (secondary N) is 1. The highest BCUT2D eigenvalue weighted by atomic mass is 32.2. The minimum atomic E-state index is -3.70. The van der Waals surface area contributed by atoms with E-state index in [2.05, 4.69) is 9.62 Å². The lowest BCUT2D eigenvalue weighted by Gasteiger charge is -2.48. The molecule has 1 aliphatic heterocycles. The van der Waals surface area contributed by atoms with Gasteiger partial charge in [0.1, 0.15) is 0 Å². The zero-order valence-electron chi connectivity index (χ0n) is 15.7. The molecule has 0 unspecified atom stereocenters. The average Bonchev–Trinajstić information content (AvgIpc) is 2.67. The lowest BCUT2D eigenvalue weighted by atomic mass is 9.80. The Balaban J connectivity index is 1.75. The van der Waals surface area contributed by atoms with E-state index in [4.69, 9.17) is 4.74 Å². The highest BCUT2D eigenvalue weighted by Crippen LogP contribution is 2.34. The number of sulfonamides is 1. The van der Waals surface area contributed by atoms with Gasteiger partial charge < -0.3 is 4.74 Å². The van der Waals surface area contributed by atoms with E-state index in [9.17, 15) is 16.8 Å². The zero-order valence-corrected chi connectivity index (χ0v) is 17.3. The summed E-state index contributed by atoms with van der Waals surface area (Å²) < 4.78 is 56.9. The Hall–Kier alpha value is -1.00. The standard InChI is InChI=1S/C18H28N2O5S2/c1-26(21,22)16-5-7-17(8-6-16)27(23,24)19-15-18(9-3-2-4-10-18)20-11-13-25-14-12-20/h5-8,19H,2-4,9-15H2,1H3. The number of hydrogen-bond donors (Lipinski definition) is 1. The highest BCUT2D eigenvalue weighted by molar-refractivity contribution is 7.90. The number of hydrogen-bond acceptors (Lipinski definition) is 6. The molecule has 1 saturated carbocycles. The van der Waals surface area contributed by atoms with Crippen LogP contribution in [0.3, 0.4) is 0 Å². The van der Waals surface area contributed by atoms with Crippen LogP contribution in [0, 0.1) is 0 Å². The maximum absolute atomic E-state index is 12.8. The maximum Gasteiger partial charge on any atom is 0.240 e. The lowest BCUT2D eigenvalue weighted by Crippen LogP contribution is -2.59. The van der Waals surface area contributed by atoms with Crippen LogP contribution < -0.4 is 4.72 Å². The third-order valence-corrected chi connectivity index (χ3v) is 8.17. The number of morpholine rings is 1. The summed E-state index contributed by atoms with van der Waals surface area (Å²) in [6.07, 6.45) is 6.44. The molecular weight excluding hydrogens is 388 g/mol. The summed E-state index contributed by atoms with van der Waals surface area (Å²) in [5.41, 5.74) is -0.165. The summed E-state index contributed by atoms with van der Waals surface area (Å²) in [6.45, 7) is 3.38. The van der Waals surface area contributed by atoms with Crippen molar-refractivity contribution < 1.29 is 21.6 Å². The fourth-order valence-electron chi connectivity index (χ4n) is 4.03. The summed E-state index contributed by atoms with van der Waals surface area (Å²) in [5.74, 6) is 0. The van der Waals surface area contributed by atoms with Crippen LogP contribution in [0.4, 0.5) is 0 Å². The van der Waals surface area contributed by atoms with Crippen molar-refractivity contribution in [3.8, 4) is 0 Å². The van der Waals surface area contributed by atoms with E-state index in [0.29, 0.717) is 19.8 Å². The van der Waals surface area contributed by atoms with Gasteiger partial charge in [-0.2, -0.15) is 0 Å². The smallest absolute Gasteiger partial charge is 0.240 e. The van der Waals surface area contributed by atoms with Gasteiger partial charge in [-0.3, -0.25) is 4.90 Å².